The van der Waals surface area contributed by atoms with Crippen LogP contribution in [0.1, 0.15) is 32.6 Å². The van der Waals surface area contributed by atoms with Crippen LogP contribution in [0, 0.1) is 17.8 Å². The van der Waals surface area contributed by atoms with Crippen molar-refractivity contribution in [3.8, 4) is 0 Å². The third-order valence-electron chi connectivity index (χ3n) is 5.13. The summed E-state index contributed by atoms with van der Waals surface area (Å²) in [5, 5.41) is 3.44. The number of fused-ring (bicyclic) bond motifs is 2. The molecule has 5 nitrogen and oxygen atoms in total. The molecule has 0 saturated heterocycles. The Morgan fingerprint density at radius 3 is 2.62 bits per heavy atom. The van der Waals surface area contributed by atoms with Crippen molar-refractivity contribution in [1.29, 1.82) is 0 Å². The number of sulfonamides is 1. The van der Waals surface area contributed by atoms with E-state index in [-0.39, 0.29) is 4.90 Å². The number of rotatable bonds is 5. The van der Waals surface area contributed by atoms with E-state index < -0.39 is 10.0 Å². The maximum atomic E-state index is 11.7. The van der Waals surface area contributed by atoms with Crippen LogP contribution in [0.3, 0.4) is 0 Å². The summed E-state index contributed by atoms with van der Waals surface area (Å²) in [6.45, 7) is 2.21. The van der Waals surface area contributed by atoms with Gasteiger partial charge in [0.25, 0.3) is 0 Å². The molecule has 0 aliphatic heterocycles. The van der Waals surface area contributed by atoms with Crippen LogP contribution >= 0.6 is 0 Å². The Balaban J connectivity index is 1.65. The van der Waals surface area contributed by atoms with Gasteiger partial charge in [0.1, 0.15) is 10.7 Å². The third kappa shape index (κ3) is 2.92. The van der Waals surface area contributed by atoms with Gasteiger partial charge in [-0.25, -0.2) is 18.1 Å². The second-order valence-electron chi connectivity index (χ2n) is 6.36. The van der Waals surface area contributed by atoms with Gasteiger partial charge in [0, 0.05) is 12.2 Å². The molecule has 2 N–H and O–H groups in total. The molecule has 2 bridgehead atoms. The topological polar surface area (TPSA) is 71.1 Å². The molecule has 0 amide bonds. The SMILES string of the molecule is CNS(=O)(=O)c1ccc(NC(C)C2CC3CCC2C3)nc1. The number of anilines is 1. The highest BCUT2D eigenvalue weighted by molar-refractivity contribution is 7.89. The summed E-state index contributed by atoms with van der Waals surface area (Å²) < 4.78 is 25.6. The molecule has 21 heavy (non-hydrogen) atoms. The second-order valence-corrected chi connectivity index (χ2v) is 8.24. The first-order chi connectivity index (χ1) is 9.99. The largest absolute Gasteiger partial charge is 0.367 e. The molecule has 4 unspecified atom stereocenters. The van der Waals surface area contributed by atoms with Crippen molar-refractivity contribution in [2.45, 2.75) is 43.5 Å². The standard InChI is InChI=1S/C15H23N3O2S/c1-10(14-8-11-3-4-12(14)7-11)18-15-6-5-13(9-17-15)21(19,20)16-2/h5-6,9-12,14,16H,3-4,7-8H2,1-2H3,(H,17,18). The molecule has 3 rings (SSSR count). The maximum absolute atomic E-state index is 11.7. The molecule has 2 aliphatic carbocycles. The van der Waals surface area contributed by atoms with Crippen LogP contribution in [0.2, 0.25) is 0 Å². The van der Waals surface area contributed by atoms with Crippen LogP contribution in [0.15, 0.2) is 23.2 Å². The molecule has 0 aromatic carbocycles. The Morgan fingerprint density at radius 1 is 1.29 bits per heavy atom. The maximum Gasteiger partial charge on any atom is 0.241 e. The van der Waals surface area contributed by atoms with Crippen molar-refractivity contribution in [3.05, 3.63) is 18.3 Å². The average molecular weight is 309 g/mol. The van der Waals surface area contributed by atoms with Crippen LogP contribution in [0.4, 0.5) is 5.82 Å². The van der Waals surface area contributed by atoms with Crippen LogP contribution in [-0.4, -0.2) is 26.5 Å². The molecule has 1 aromatic heterocycles. The molecule has 1 aromatic rings. The fourth-order valence-electron chi connectivity index (χ4n) is 3.99. The van der Waals surface area contributed by atoms with Gasteiger partial charge in [-0.15, -0.1) is 0 Å². The van der Waals surface area contributed by atoms with Gasteiger partial charge in [-0.3, -0.25) is 0 Å². The number of nitrogens with zero attached hydrogens (tertiary/aromatic N) is 1. The summed E-state index contributed by atoms with van der Waals surface area (Å²) in [4.78, 5) is 4.43. The summed E-state index contributed by atoms with van der Waals surface area (Å²) in [6, 6.07) is 3.72. The lowest BCUT2D eigenvalue weighted by Crippen LogP contribution is -2.30. The van der Waals surface area contributed by atoms with Crippen molar-refractivity contribution < 1.29 is 8.42 Å². The first kappa shape index (κ1) is 14.8. The number of hydrogen-bond donors (Lipinski definition) is 2. The lowest BCUT2D eigenvalue weighted by Gasteiger charge is -2.28. The number of aromatic nitrogens is 1. The first-order valence-corrected chi connectivity index (χ1v) is 9.14. The molecule has 0 radical (unpaired) electrons. The zero-order chi connectivity index (χ0) is 15.0. The van der Waals surface area contributed by atoms with E-state index in [1.54, 1.807) is 12.1 Å². The number of pyridine rings is 1. The average Bonchev–Trinajstić information content (AvgIpc) is 3.10. The molecular formula is C15H23N3O2S. The smallest absolute Gasteiger partial charge is 0.241 e. The van der Waals surface area contributed by atoms with Gasteiger partial charge < -0.3 is 5.32 Å². The van der Waals surface area contributed by atoms with E-state index in [1.165, 1.54) is 38.9 Å². The van der Waals surface area contributed by atoms with Crippen molar-refractivity contribution in [2.24, 2.45) is 17.8 Å². The van der Waals surface area contributed by atoms with Crippen molar-refractivity contribution in [2.75, 3.05) is 12.4 Å². The van der Waals surface area contributed by atoms with Gasteiger partial charge in [-0.2, -0.15) is 0 Å². The molecule has 116 valence electrons. The van der Waals surface area contributed by atoms with E-state index in [4.69, 9.17) is 0 Å². The van der Waals surface area contributed by atoms with Gasteiger partial charge >= 0.3 is 0 Å². The highest BCUT2D eigenvalue weighted by atomic mass is 32.2. The van der Waals surface area contributed by atoms with Crippen molar-refractivity contribution >= 4 is 15.8 Å². The van der Waals surface area contributed by atoms with Crippen molar-refractivity contribution in [1.82, 2.24) is 9.71 Å². The van der Waals surface area contributed by atoms with Crippen LogP contribution in [0.5, 0.6) is 0 Å². The Morgan fingerprint density at radius 2 is 2.10 bits per heavy atom. The highest BCUT2D eigenvalue weighted by Crippen LogP contribution is 2.49. The van der Waals surface area contributed by atoms with Crippen molar-refractivity contribution in [3.63, 3.8) is 0 Å². The van der Waals surface area contributed by atoms with E-state index in [1.807, 2.05) is 0 Å². The second kappa shape index (κ2) is 5.57. The monoisotopic (exact) mass is 309 g/mol. The van der Waals surface area contributed by atoms with E-state index in [0.29, 0.717) is 6.04 Å². The van der Waals surface area contributed by atoms with Crippen LogP contribution < -0.4 is 10.0 Å². The Hall–Kier alpha value is -1.14. The number of nitrogens with one attached hydrogen (secondary N) is 2. The molecule has 2 fully saturated rings. The van der Waals surface area contributed by atoms with E-state index >= 15 is 0 Å². The predicted molar refractivity (Wildman–Crippen MR) is 82.5 cm³/mol. The van der Waals surface area contributed by atoms with Gasteiger partial charge in [-0.1, -0.05) is 6.42 Å². The fourth-order valence-corrected chi connectivity index (χ4v) is 4.66. The van der Waals surface area contributed by atoms with Gasteiger partial charge in [-0.05, 0) is 63.1 Å². The summed E-state index contributed by atoms with van der Waals surface area (Å²) in [6.07, 6.45) is 6.90. The first-order valence-electron chi connectivity index (χ1n) is 7.65. The quantitative estimate of drug-likeness (QED) is 0.875. The molecule has 6 heteroatoms. The fraction of sp³-hybridized carbons (Fsp3) is 0.667. The predicted octanol–water partition coefficient (Wildman–Crippen LogP) is 2.23. The van der Waals surface area contributed by atoms with Gasteiger partial charge in [0.15, 0.2) is 0 Å². The highest BCUT2D eigenvalue weighted by Gasteiger charge is 2.41. The number of hydrogen-bond acceptors (Lipinski definition) is 4. The summed E-state index contributed by atoms with van der Waals surface area (Å²) in [5.41, 5.74) is 0. The minimum Gasteiger partial charge on any atom is -0.367 e. The zero-order valence-corrected chi connectivity index (χ0v) is 13.4. The Labute approximate surface area is 126 Å². The van der Waals surface area contributed by atoms with Gasteiger partial charge in [0.2, 0.25) is 10.0 Å². The molecule has 2 aliphatic rings. The molecule has 4 atom stereocenters. The molecular weight excluding hydrogens is 286 g/mol. The molecule has 2 saturated carbocycles. The summed E-state index contributed by atoms with van der Waals surface area (Å²) in [7, 11) is -2.00. The molecule has 0 spiro atoms. The van der Waals surface area contributed by atoms with Crippen LogP contribution in [0.25, 0.3) is 0 Å². The summed E-state index contributed by atoms with van der Waals surface area (Å²) in [5.74, 6) is 3.27. The molecule has 1 heterocycles. The van der Waals surface area contributed by atoms with E-state index in [0.717, 1.165) is 23.6 Å². The van der Waals surface area contributed by atoms with Crippen LogP contribution in [-0.2, 0) is 10.0 Å². The lowest BCUT2D eigenvalue weighted by atomic mass is 9.84. The lowest BCUT2D eigenvalue weighted by molar-refractivity contribution is 0.304. The Bertz CT molecular complexity index is 600. The zero-order valence-electron chi connectivity index (χ0n) is 12.5. The van der Waals surface area contributed by atoms with E-state index in [9.17, 15) is 8.42 Å². The van der Waals surface area contributed by atoms with Gasteiger partial charge in [0.05, 0.1) is 0 Å². The minimum atomic E-state index is -3.41. The van der Waals surface area contributed by atoms with E-state index in [2.05, 4.69) is 21.9 Å². The Kier molecular flexibility index (Phi) is 3.92. The third-order valence-corrected chi connectivity index (χ3v) is 6.53. The minimum absolute atomic E-state index is 0.197. The normalized spacial score (nSPS) is 29.5. The summed E-state index contributed by atoms with van der Waals surface area (Å²) >= 11 is 0.